The van der Waals surface area contributed by atoms with Crippen molar-refractivity contribution in [1.29, 1.82) is 0 Å². The summed E-state index contributed by atoms with van der Waals surface area (Å²) in [7, 11) is 0. The molecule has 0 aliphatic rings. The lowest BCUT2D eigenvalue weighted by Crippen LogP contribution is -2.09. The first-order chi connectivity index (χ1) is 36.4. The van der Waals surface area contributed by atoms with E-state index in [0.29, 0.717) is 0 Å². The molecule has 0 spiro atoms. The molecule has 0 aliphatic heterocycles. The summed E-state index contributed by atoms with van der Waals surface area (Å²) in [4.78, 5) is 6.84. The van der Waals surface area contributed by atoms with E-state index < -0.39 is 0 Å². The van der Waals surface area contributed by atoms with Gasteiger partial charge in [0.15, 0.2) is 0 Å². The predicted octanol–water partition coefficient (Wildman–Crippen LogP) is 19.2. The second-order valence-electron chi connectivity index (χ2n) is 17.7. The molecule has 75 heavy (non-hydrogen) atoms. The van der Waals surface area contributed by atoms with E-state index in [0.717, 1.165) is 79.9 Å². The molecule has 0 saturated heterocycles. The van der Waals surface area contributed by atoms with Crippen LogP contribution >= 0.6 is 15.9 Å². The molecule has 11 rings (SSSR count). The van der Waals surface area contributed by atoms with Gasteiger partial charge < -0.3 is 26.2 Å². The van der Waals surface area contributed by atoms with Crippen molar-refractivity contribution in [3.05, 3.63) is 330 Å². The van der Waals surface area contributed by atoms with Gasteiger partial charge >= 0.3 is 0 Å². The van der Waals surface area contributed by atoms with E-state index >= 15 is 0 Å². The molecule has 0 aromatic heterocycles. The van der Waals surface area contributed by atoms with Crippen LogP contribution in [-0.2, 0) is 12.8 Å². The minimum absolute atomic E-state index is 0. The maximum absolute atomic E-state index is 5.37. The molecule has 0 unspecified atom stereocenters. The Morgan fingerprint density at radius 1 is 0.227 bits per heavy atom. The molecule has 11 aromatic carbocycles. The Morgan fingerprint density at radius 3 is 0.613 bits per heavy atom. The zero-order chi connectivity index (χ0) is 50.7. The summed E-state index contributed by atoms with van der Waals surface area (Å²) in [6.45, 7) is 0. The molecule has 5 nitrogen and oxygen atoms in total. The first-order valence-corrected chi connectivity index (χ1v) is 25.6. The van der Waals surface area contributed by atoms with Gasteiger partial charge in [0, 0.05) is 67.0 Å². The highest BCUT2D eigenvalue weighted by Crippen LogP contribution is 2.37. The SMILES string of the molecule is Brc1ccc(N(c2ccccc2)c2ccccc2)cc1.C.Nc1ccc(N)cc1.c1ccc(N(c2ccccc2)c2ccc(Cc3ccc(Cc4ccc(N(c5ccccc5)c5ccccc5)cc4)cc3)cc2)cc1. The molecule has 11 aromatic rings. The first kappa shape index (κ1) is 52.2. The Labute approximate surface area is 452 Å². The number of benzene rings is 11. The van der Waals surface area contributed by atoms with E-state index in [2.05, 4.69) is 298 Å². The Hall–Kier alpha value is -9.10. The number of para-hydroxylation sites is 6. The van der Waals surface area contributed by atoms with Gasteiger partial charge in [0.25, 0.3) is 0 Å². The van der Waals surface area contributed by atoms with E-state index in [1.807, 2.05) is 12.1 Å². The second-order valence-corrected chi connectivity index (χ2v) is 18.6. The minimum Gasteiger partial charge on any atom is -0.399 e. The van der Waals surface area contributed by atoms with Gasteiger partial charge in [-0.05, 0) is 181 Å². The quantitative estimate of drug-likeness (QED) is 0.113. The summed E-state index contributed by atoms with van der Waals surface area (Å²) in [5.74, 6) is 0. The molecule has 0 bridgehead atoms. The molecular formula is C69H62BrN5. The number of nitrogens with zero attached hydrogens (tertiary/aromatic N) is 3. The Balaban J connectivity index is 0.000000211. The highest BCUT2D eigenvalue weighted by Gasteiger charge is 2.14. The maximum atomic E-state index is 5.37. The van der Waals surface area contributed by atoms with Gasteiger partial charge in [-0.25, -0.2) is 0 Å². The number of hydrogen-bond acceptors (Lipinski definition) is 5. The fourth-order valence-corrected chi connectivity index (χ4v) is 8.93. The summed E-state index contributed by atoms with van der Waals surface area (Å²) in [5, 5.41) is 0. The summed E-state index contributed by atoms with van der Waals surface area (Å²) in [6.07, 6.45) is 1.81. The van der Waals surface area contributed by atoms with Crippen LogP contribution in [0.3, 0.4) is 0 Å². The van der Waals surface area contributed by atoms with Crippen molar-refractivity contribution in [2.75, 3.05) is 26.2 Å². The average Bonchev–Trinajstić information content (AvgIpc) is 3.46. The molecule has 0 saturated carbocycles. The van der Waals surface area contributed by atoms with E-state index in [1.54, 1.807) is 24.3 Å². The van der Waals surface area contributed by atoms with Crippen molar-refractivity contribution in [2.24, 2.45) is 0 Å². The van der Waals surface area contributed by atoms with Gasteiger partial charge in [0.2, 0.25) is 0 Å². The van der Waals surface area contributed by atoms with Crippen LogP contribution in [0.15, 0.2) is 308 Å². The van der Waals surface area contributed by atoms with Crippen LogP contribution in [0.2, 0.25) is 0 Å². The van der Waals surface area contributed by atoms with Gasteiger partial charge in [-0.15, -0.1) is 0 Å². The largest absolute Gasteiger partial charge is 0.399 e. The third kappa shape index (κ3) is 14.5. The Kier molecular flexibility index (Phi) is 18.5. The van der Waals surface area contributed by atoms with Crippen LogP contribution in [0.4, 0.5) is 62.6 Å². The highest BCUT2D eigenvalue weighted by atomic mass is 79.9. The van der Waals surface area contributed by atoms with Crippen molar-refractivity contribution in [2.45, 2.75) is 20.3 Å². The molecule has 370 valence electrons. The lowest BCUT2D eigenvalue weighted by Gasteiger charge is -2.25. The molecule has 0 amide bonds. The molecule has 0 aliphatic carbocycles. The molecule has 0 fully saturated rings. The number of anilines is 11. The van der Waals surface area contributed by atoms with E-state index in [-0.39, 0.29) is 7.43 Å². The fourth-order valence-electron chi connectivity index (χ4n) is 8.66. The zero-order valence-electron chi connectivity index (χ0n) is 41.2. The zero-order valence-corrected chi connectivity index (χ0v) is 42.7. The molecular weight excluding hydrogens is 979 g/mol. The third-order valence-electron chi connectivity index (χ3n) is 12.3. The number of hydrogen-bond donors (Lipinski definition) is 2. The minimum atomic E-state index is 0. The molecule has 0 atom stereocenters. The maximum Gasteiger partial charge on any atom is 0.0462 e. The monoisotopic (exact) mass is 1040 g/mol. The highest BCUT2D eigenvalue weighted by molar-refractivity contribution is 9.10. The number of rotatable bonds is 13. The van der Waals surface area contributed by atoms with Crippen molar-refractivity contribution >= 4 is 78.5 Å². The van der Waals surface area contributed by atoms with E-state index in [9.17, 15) is 0 Å². The van der Waals surface area contributed by atoms with E-state index in [4.69, 9.17) is 11.5 Å². The van der Waals surface area contributed by atoms with Crippen molar-refractivity contribution in [3.63, 3.8) is 0 Å². The lowest BCUT2D eigenvalue weighted by atomic mass is 10.00. The van der Waals surface area contributed by atoms with Gasteiger partial charge in [0.1, 0.15) is 0 Å². The Morgan fingerprint density at radius 2 is 0.400 bits per heavy atom. The molecule has 4 N–H and O–H groups in total. The van der Waals surface area contributed by atoms with Crippen LogP contribution in [0.1, 0.15) is 29.7 Å². The standard InChI is InChI=1S/C44H36N2.C18H14BrN.C6H8N2.CH4/c1-5-13-39(14-6-1)45(40-15-7-2-8-16-40)43-29-25-37(26-30-43)33-35-21-23-36(24-22-35)34-38-27-31-44(32-28-38)46(41-17-9-3-10-18-41)42-19-11-4-12-20-42;19-15-11-13-18(14-12-15)20(16-7-3-1-4-8-16)17-9-5-2-6-10-17;7-5-1-2-6(8)4-3-5;/h1-32H,33-34H2;1-14H;1-4H,7-8H2;1H4. The molecule has 6 heteroatoms. The van der Waals surface area contributed by atoms with Crippen LogP contribution < -0.4 is 26.2 Å². The summed E-state index contributed by atoms with van der Waals surface area (Å²) in [5.41, 5.74) is 27.8. The Bertz CT molecular complexity index is 3060. The van der Waals surface area contributed by atoms with Crippen LogP contribution in [0.5, 0.6) is 0 Å². The second kappa shape index (κ2) is 26.6. The van der Waals surface area contributed by atoms with Crippen LogP contribution in [0, 0.1) is 0 Å². The number of nitrogen functional groups attached to an aromatic ring is 2. The van der Waals surface area contributed by atoms with Crippen LogP contribution in [0.25, 0.3) is 0 Å². The van der Waals surface area contributed by atoms with Gasteiger partial charge in [-0.2, -0.15) is 0 Å². The number of nitrogens with two attached hydrogens (primary N) is 2. The van der Waals surface area contributed by atoms with Gasteiger partial charge in [-0.3, -0.25) is 0 Å². The van der Waals surface area contributed by atoms with Crippen LogP contribution in [-0.4, -0.2) is 0 Å². The summed E-state index contributed by atoms with van der Waals surface area (Å²) < 4.78 is 1.09. The topological polar surface area (TPSA) is 61.8 Å². The number of halogens is 1. The van der Waals surface area contributed by atoms with E-state index in [1.165, 1.54) is 22.3 Å². The molecule has 0 heterocycles. The first-order valence-electron chi connectivity index (χ1n) is 24.8. The third-order valence-corrected chi connectivity index (χ3v) is 12.9. The average molecular weight is 1040 g/mol. The normalized spacial score (nSPS) is 10.3. The predicted molar refractivity (Wildman–Crippen MR) is 325 cm³/mol. The smallest absolute Gasteiger partial charge is 0.0462 e. The van der Waals surface area contributed by atoms with Crippen molar-refractivity contribution in [3.8, 4) is 0 Å². The molecule has 0 radical (unpaired) electrons. The summed E-state index contributed by atoms with van der Waals surface area (Å²) in [6, 6.07) is 105. The van der Waals surface area contributed by atoms with Gasteiger partial charge in [0.05, 0.1) is 0 Å². The fraction of sp³-hybridized carbons (Fsp3) is 0.0435. The lowest BCUT2D eigenvalue weighted by molar-refractivity contribution is 1.15. The summed E-state index contributed by atoms with van der Waals surface area (Å²) >= 11 is 3.49. The van der Waals surface area contributed by atoms with Crippen molar-refractivity contribution in [1.82, 2.24) is 0 Å². The van der Waals surface area contributed by atoms with Gasteiger partial charge in [-0.1, -0.05) is 181 Å². The van der Waals surface area contributed by atoms with Crippen molar-refractivity contribution < 1.29 is 0 Å².